The maximum absolute atomic E-state index is 12.0. The standard InChI is InChI=1S/C17H23ClN2O2/c18-13-3-1-4-15(11-13)20-9-8-14(12-20)19-17(21)7-6-16-5-2-10-22-16/h1,3-4,11,14,16H,2,5-10,12H2,(H,19,21). The number of rotatable bonds is 5. The maximum atomic E-state index is 12.0. The third kappa shape index (κ3) is 4.14. The average molecular weight is 323 g/mol. The summed E-state index contributed by atoms with van der Waals surface area (Å²) in [5, 5.41) is 3.90. The molecule has 1 amide bonds. The van der Waals surface area contributed by atoms with Crippen molar-refractivity contribution in [2.24, 2.45) is 0 Å². The average Bonchev–Trinajstić information content (AvgIpc) is 3.16. The Morgan fingerprint density at radius 3 is 3.09 bits per heavy atom. The van der Waals surface area contributed by atoms with Crippen LogP contribution in [0, 0.1) is 0 Å². The summed E-state index contributed by atoms with van der Waals surface area (Å²) in [7, 11) is 0. The predicted octanol–water partition coefficient (Wildman–Crippen LogP) is 2.99. The molecule has 2 aliphatic heterocycles. The number of ether oxygens (including phenoxy) is 1. The molecule has 2 atom stereocenters. The van der Waals surface area contributed by atoms with Crippen LogP contribution in [0.1, 0.15) is 32.1 Å². The summed E-state index contributed by atoms with van der Waals surface area (Å²) in [6.45, 7) is 2.66. The Morgan fingerprint density at radius 1 is 1.41 bits per heavy atom. The smallest absolute Gasteiger partial charge is 0.220 e. The summed E-state index contributed by atoms with van der Waals surface area (Å²) in [5.74, 6) is 0.147. The molecule has 22 heavy (non-hydrogen) atoms. The van der Waals surface area contributed by atoms with Crippen LogP contribution in [0.4, 0.5) is 5.69 Å². The molecule has 0 aromatic heterocycles. The normalized spacial score (nSPS) is 24.7. The van der Waals surface area contributed by atoms with E-state index in [4.69, 9.17) is 16.3 Å². The molecule has 5 heteroatoms. The highest BCUT2D eigenvalue weighted by atomic mass is 35.5. The molecule has 4 nitrogen and oxygen atoms in total. The third-order valence-corrected chi connectivity index (χ3v) is 4.68. The zero-order valence-electron chi connectivity index (χ0n) is 12.8. The maximum Gasteiger partial charge on any atom is 0.220 e. The second-order valence-electron chi connectivity index (χ2n) is 6.15. The lowest BCUT2D eigenvalue weighted by atomic mass is 10.1. The SMILES string of the molecule is O=C(CCC1CCCO1)NC1CCN(c2cccc(Cl)c2)C1. The van der Waals surface area contributed by atoms with Gasteiger partial charge in [0.15, 0.2) is 0 Å². The third-order valence-electron chi connectivity index (χ3n) is 4.44. The number of anilines is 1. The molecular formula is C17H23ClN2O2. The van der Waals surface area contributed by atoms with Gasteiger partial charge >= 0.3 is 0 Å². The number of benzene rings is 1. The van der Waals surface area contributed by atoms with Gasteiger partial charge < -0.3 is 15.0 Å². The Kier molecular flexibility index (Phi) is 5.21. The van der Waals surface area contributed by atoms with Crippen molar-refractivity contribution in [1.82, 2.24) is 5.32 Å². The van der Waals surface area contributed by atoms with E-state index in [1.807, 2.05) is 18.2 Å². The molecule has 0 saturated carbocycles. The molecule has 0 radical (unpaired) electrons. The number of halogens is 1. The molecule has 2 unspecified atom stereocenters. The van der Waals surface area contributed by atoms with Gasteiger partial charge in [-0.1, -0.05) is 17.7 Å². The van der Waals surface area contributed by atoms with Crippen LogP contribution in [-0.4, -0.2) is 37.7 Å². The molecule has 2 heterocycles. The highest BCUT2D eigenvalue weighted by molar-refractivity contribution is 6.30. The van der Waals surface area contributed by atoms with Gasteiger partial charge in [-0.3, -0.25) is 4.79 Å². The quantitative estimate of drug-likeness (QED) is 0.906. The minimum atomic E-state index is 0.147. The molecule has 0 bridgehead atoms. The van der Waals surface area contributed by atoms with Crippen LogP contribution in [0.2, 0.25) is 5.02 Å². The summed E-state index contributed by atoms with van der Waals surface area (Å²) < 4.78 is 5.56. The highest BCUT2D eigenvalue weighted by Gasteiger charge is 2.24. The van der Waals surface area contributed by atoms with E-state index in [1.165, 1.54) is 0 Å². The molecule has 2 saturated heterocycles. The summed E-state index contributed by atoms with van der Waals surface area (Å²) in [5.41, 5.74) is 1.13. The molecule has 1 aromatic carbocycles. The molecule has 1 aromatic rings. The van der Waals surface area contributed by atoms with Gasteiger partial charge in [0.2, 0.25) is 5.91 Å². The Hall–Kier alpha value is -1.26. The first-order chi connectivity index (χ1) is 10.7. The molecule has 0 spiro atoms. The number of carbonyl (C=O) groups excluding carboxylic acids is 1. The van der Waals surface area contributed by atoms with Crippen molar-refractivity contribution >= 4 is 23.2 Å². The van der Waals surface area contributed by atoms with Crippen molar-refractivity contribution in [3.05, 3.63) is 29.3 Å². The molecule has 2 fully saturated rings. The Balaban J connectivity index is 1.43. The number of carbonyl (C=O) groups is 1. The van der Waals surface area contributed by atoms with Gasteiger partial charge in [0.1, 0.15) is 0 Å². The van der Waals surface area contributed by atoms with E-state index in [0.717, 1.165) is 56.1 Å². The van der Waals surface area contributed by atoms with Crippen LogP contribution in [0.3, 0.4) is 0 Å². The molecule has 3 rings (SSSR count). The van der Waals surface area contributed by atoms with E-state index in [2.05, 4.69) is 16.3 Å². The van der Waals surface area contributed by atoms with Crippen molar-refractivity contribution in [3.63, 3.8) is 0 Å². The van der Waals surface area contributed by atoms with E-state index in [0.29, 0.717) is 6.42 Å². The van der Waals surface area contributed by atoms with Gasteiger partial charge in [0.25, 0.3) is 0 Å². The van der Waals surface area contributed by atoms with Gasteiger partial charge in [-0.2, -0.15) is 0 Å². The molecule has 120 valence electrons. The number of hydrogen-bond acceptors (Lipinski definition) is 3. The number of nitrogens with one attached hydrogen (secondary N) is 1. The number of nitrogens with zero attached hydrogens (tertiary/aromatic N) is 1. The van der Waals surface area contributed by atoms with Crippen LogP contribution in [0.5, 0.6) is 0 Å². The van der Waals surface area contributed by atoms with E-state index >= 15 is 0 Å². The number of hydrogen-bond donors (Lipinski definition) is 1. The van der Waals surface area contributed by atoms with Crippen molar-refractivity contribution in [2.45, 2.75) is 44.2 Å². The minimum Gasteiger partial charge on any atom is -0.378 e. The van der Waals surface area contributed by atoms with Crippen LogP contribution in [-0.2, 0) is 9.53 Å². The highest BCUT2D eigenvalue weighted by Crippen LogP contribution is 2.23. The van der Waals surface area contributed by atoms with E-state index in [-0.39, 0.29) is 18.1 Å². The van der Waals surface area contributed by atoms with Crippen LogP contribution in [0.25, 0.3) is 0 Å². The first-order valence-electron chi connectivity index (χ1n) is 8.12. The van der Waals surface area contributed by atoms with Crippen LogP contribution >= 0.6 is 11.6 Å². The fourth-order valence-corrected chi connectivity index (χ4v) is 3.43. The lowest BCUT2D eigenvalue weighted by molar-refractivity contribution is -0.122. The van der Waals surface area contributed by atoms with Gasteiger partial charge in [-0.25, -0.2) is 0 Å². The Bertz CT molecular complexity index is 517. The van der Waals surface area contributed by atoms with Crippen LogP contribution in [0.15, 0.2) is 24.3 Å². The van der Waals surface area contributed by atoms with Crippen molar-refractivity contribution in [3.8, 4) is 0 Å². The first kappa shape index (κ1) is 15.6. The topological polar surface area (TPSA) is 41.6 Å². The molecule has 2 aliphatic rings. The predicted molar refractivity (Wildman–Crippen MR) is 88.4 cm³/mol. The summed E-state index contributed by atoms with van der Waals surface area (Å²) in [4.78, 5) is 14.3. The largest absolute Gasteiger partial charge is 0.378 e. The monoisotopic (exact) mass is 322 g/mol. The fraction of sp³-hybridized carbons (Fsp3) is 0.588. The van der Waals surface area contributed by atoms with Crippen molar-refractivity contribution in [2.75, 3.05) is 24.6 Å². The van der Waals surface area contributed by atoms with Gasteiger partial charge in [0.05, 0.1) is 6.10 Å². The zero-order chi connectivity index (χ0) is 15.4. The zero-order valence-corrected chi connectivity index (χ0v) is 13.5. The Morgan fingerprint density at radius 2 is 2.32 bits per heavy atom. The second kappa shape index (κ2) is 7.34. The Labute approximate surface area is 136 Å². The van der Waals surface area contributed by atoms with Gasteiger partial charge in [0, 0.05) is 42.9 Å². The number of amides is 1. The molecular weight excluding hydrogens is 300 g/mol. The van der Waals surface area contributed by atoms with Gasteiger partial charge in [-0.15, -0.1) is 0 Å². The van der Waals surface area contributed by atoms with Crippen molar-refractivity contribution in [1.29, 1.82) is 0 Å². The lowest BCUT2D eigenvalue weighted by Gasteiger charge is -2.19. The summed E-state index contributed by atoms with van der Waals surface area (Å²) >= 11 is 6.04. The van der Waals surface area contributed by atoms with Crippen LogP contribution < -0.4 is 10.2 Å². The minimum absolute atomic E-state index is 0.147. The van der Waals surface area contributed by atoms with E-state index in [1.54, 1.807) is 0 Å². The molecule has 0 aliphatic carbocycles. The molecule has 1 N–H and O–H groups in total. The fourth-order valence-electron chi connectivity index (χ4n) is 3.25. The lowest BCUT2D eigenvalue weighted by Crippen LogP contribution is -2.37. The van der Waals surface area contributed by atoms with E-state index < -0.39 is 0 Å². The second-order valence-corrected chi connectivity index (χ2v) is 6.59. The first-order valence-corrected chi connectivity index (χ1v) is 8.50. The summed E-state index contributed by atoms with van der Waals surface area (Å²) in [6, 6.07) is 8.11. The van der Waals surface area contributed by atoms with Gasteiger partial charge in [-0.05, 0) is 43.9 Å². The van der Waals surface area contributed by atoms with Crippen molar-refractivity contribution < 1.29 is 9.53 Å². The summed E-state index contributed by atoms with van der Waals surface area (Å²) in [6.07, 6.45) is 4.91. The van der Waals surface area contributed by atoms with E-state index in [9.17, 15) is 4.79 Å².